The average Bonchev–Trinajstić information content (AvgIpc) is 3.03. The molecule has 0 aliphatic rings. The Bertz CT molecular complexity index is 881. The van der Waals surface area contributed by atoms with E-state index in [0.717, 1.165) is 5.56 Å². The Morgan fingerprint density at radius 1 is 1.12 bits per heavy atom. The first kappa shape index (κ1) is 17.0. The molecule has 128 valence electrons. The van der Waals surface area contributed by atoms with Crippen molar-refractivity contribution in [3.63, 3.8) is 0 Å². The molecule has 0 aliphatic carbocycles. The summed E-state index contributed by atoms with van der Waals surface area (Å²) < 4.78 is 1.81. The minimum Gasteiger partial charge on any atom is -0.338 e. The van der Waals surface area contributed by atoms with Crippen molar-refractivity contribution < 1.29 is 9.59 Å². The normalized spacial score (nSPS) is 11.9. The Kier molecular flexibility index (Phi) is 5.30. The number of thioether (sulfide) groups is 1. The van der Waals surface area contributed by atoms with Crippen LogP contribution in [0.1, 0.15) is 17.7 Å². The lowest BCUT2D eigenvalue weighted by Crippen LogP contribution is -2.41. The van der Waals surface area contributed by atoms with Crippen molar-refractivity contribution in [3.8, 4) is 0 Å². The minimum atomic E-state index is -0.628. The summed E-state index contributed by atoms with van der Waals surface area (Å²) in [6.07, 6.45) is 1.83. The minimum absolute atomic E-state index is 0.408. The zero-order valence-electron chi connectivity index (χ0n) is 13.5. The zero-order chi connectivity index (χ0) is 17.6. The molecular weight excluding hydrogens is 338 g/mol. The number of imide groups is 1. The summed E-state index contributed by atoms with van der Waals surface area (Å²) in [4.78, 5) is 24.4. The molecule has 0 spiro atoms. The number of urea groups is 1. The molecular formula is C17H17N5O2S. The molecule has 0 unspecified atom stereocenters. The summed E-state index contributed by atoms with van der Waals surface area (Å²) >= 11 is 1.24. The van der Waals surface area contributed by atoms with Crippen LogP contribution in [-0.4, -0.2) is 33.1 Å². The van der Waals surface area contributed by atoms with E-state index >= 15 is 0 Å². The van der Waals surface area contributed by atoms with Gasteiger partial charge in [0.1, 0.15) is 5.25 Å². The van der Waals surface area contributed by atoms with Gasteiger partial charge in [-0.2, -0.15) is 0 Å². The van der Waals surface area contributed by atoms with Crippen molar-refractivity contribution in [2.24, 2.45) is 0 Å². The fourth-order valence-corrected chi connectivity index (χ4v) is 3.31. The number of carbonyl (C=O) groups excluding carboxylic acids is 2. The highest BCUT2D eigenvalue weighted by molar-refractivity contribution is 8.00. The molecule has 0 fully saturated rings. The van der Waals surface area contributed by atoms with Crippen LogP contribution in [0.25, 0.3) is 5.65 Å². The van der Waals surface area contributed by atoms with Crippen LogP contribution < -0.4 is 10.6 Å². The molecule has 2 N–H and O–H groups in total. The van der Waals surface area contributed by atoms with E-state index in [0.29, 0.717) is 17.3 Å². The standard InChI is InChI=1S/C17H17N5O2S/c1-2-18-16(24)19-15(23)14(12-8-4-3-5-9-12)25-17-21-20-13-10-6-7-11-22(13)17/h3-11,14H,2H2,1H3,(H2,18,19,23,24)/t14-/m1/s1. The number of nitrogens with zero attached hydrogens (tertiary/aromatic N) is 3. The number of amides is 3. The molecule has 8 heteroatoms. The molecule has 7 nitrogen and oxygen atoms in total. The average molecular weight is 355 g/mol. The molecule has 3 rings (SSSR count). The van der Waals surface area contributed by atoms with Gasteiger partial charge in [-0.3, -0.25) is 14.5 Å². The Morgan fingerprint density at radius 2 is 1.88 bits per heavy atom. The van der Waals surface area contributed by atoms with Crippen LogP contribution in [0.15, 0.2) is 59.9 Å². The molecule has 2 heterocycles. The number of aromatic nitrogens is 3. The predicted octanol–water partition coefficient (Wildman–Crippen LogP) is 2.41. The van der Waals surface area contributed by atoms with Gasteiger partial charge < -0.3 is 5.32 Å². The predicted molar refractivity (Wildman–Crippen MR) is 95.2 cm³/mol. The van der Waals surface area contributed by atoms with Crippen molar-refractivity contribution in [1.29, 1.82) is 0 Å². The number of benzene rings is 1. The van der Waals surface area contributed by atoms with Crippen molar-refractivity contribution in [2.75, 3.05) is 6.54 Å². The molecule has 2 aromatic heterocycles. The van der Waals surface area contributed by atoms with Gasteiger partial charge in [0.15, 0.2) is 10.8 Å². The topological polar surface area (TPSA) is 88.4 Å². The summed E-state index contributed by atoms with van der Waals surface area (Å²) in [5.41, 5.74) is 1.47. The maximum Gasteiger partial charge on any atom is 0.321 e. The van der Waals surface area contributed by atoms with Crippen LogP contribution in [0.2, 0.25) is 0 Å². The van der Waals surface area contributed by atoms with E-state index in [4.69, 9.17) is 0 Å². The van der Waals surface area contributed by atoms with Crippen LogP contribution in [0.5, 0.6) is 0 Å². The van der Waals surface area contributed by atoms with Crippen molar-refractivity contribution >= 4 is 29.3 Å². The molecule has 0 saturated heterocycles. The lowest BCUT2D eigenvalue weighted by molar-refractivity contribution is -0.119. The number of pyridine rings is 1. The van der Waals surface area contributed by atoms with E-state index in [1.807, 2.05) is 54.7 Å². The Morgan fingerprint density at radius 3 is 2.64 bits per heavy atom. The van der Waals surface area contributed by atoms with E-state index in [2.05, 4.69) is 20.8 Å². The second-order valence-electron chi connectivity index (χ2n) is 5.17. The van der Waals surface area contributed by atoms with Gasteiger partial charge in [0.25, 0.3) is 0 Å². The first-order chi connectivity index (χ1) is 12.2. The number of carbonyl (C=O) groups is 2. The third-order valence-electron chi connectivity index (χ3n) is 3.42. The van der Waals surface area contributed by atoms with Gasteiger partial charge in [0.05, 0.1) is 0 Å². The highest BCUT2D eigenvalue weighted by Crippen LogP contribution is 2.34. The molecule has 0 saturated carbocycles. The molecule has 1 aromatic carbocycles. The highest BCUT2D eigenvalue weighted by Gasteiger charge is 2.25. The van der Waals surface area contributed by atoms with Gasteiger partial charge in [-0.05, 0) is 24.6 Å². The van der Waals surface area contributed by atoms with E-state index in [9.17, 15) is 9.59 Å². The van der Waals surface area contributed by atoms with Crippen LogP contribution in [0, 0.1) is 0 Å². The summed E-state index contributed by atoms with van der Waals surface area (Å²) in [6.45, 7) is 2.23. The summed E-state index contributed by atoms with van der Waals surface area (Å²) in [5.74, 6) is -0.408. The molecule has 3 amide bonds. The van der Waals surface area contributed by atoms with Crippen LogP contribution >= 0.6 is 11.8 Å². The highest BCUT2D eigenvalue weighted by atomic mass is 32.2. The summed E-state index contributed by atoms with van der Waals surface area (Å²) in [6, 6.07) is 14.3. The largest absolute Gasteiger partial charge is 0.338 e. The molecule has 0 aliphatic heterocycles. The third kappa shape index (κ3) is 3.97. The Balaban J connectivity index is 1.89. The quantitative estimate of drug-likeness (QED) is 0.686. The summed E-state index contributed by atoms with van der Waals surface area (Å²) in [7, 11) is 0. The van der Waals surface area contributed by atoms with E-state index in [1.54, 1.807) is 11.3 Å². The number of hydrogen-bond donors (Lipinski definition) is 2. The van der Waals surface area contributed by atoms with Gasteiger partial charge in [-0.25, -0.2) is 4.79 Å². The first-order valence-corrected chi connectivity index (χ1v) is 8.67. The molecule has 3 aromatic rings. The monoisotopic (exact) mass is 355 g/mol. The van der Waals surface area contributed by atoms with Gasteiger partial charge in [0.2, 0.25) is 5.91 Å². The lowest BCUT2D eigenvalue weighted by atomic mass is 10.1. The molecule has 1 atom stereocenters. The maximum absolute atomic E-state index is 12.6. The van der Waals surface area contributed by atoms with E-state index < -0.39 is 17.2 Å². The maximum atomic E-state index is 12.6. The number of rotatable bonds is 5. The molecule has 0 bridgehead atoms. The smallest absolute Gasteiger partial charge is 0.321 e. The van der Waals surface area contributed by atoms with Crippen molar-refractivity contribution in [2.45, 2.75) is 17.3 Å². The van der Waals surface area contributed by atoms with Gasteiger partial charge in [0, 0.05) is 12.7 Å². The third-order valence-corrected chi connectivity index (χ3v) is 4.63. The molecule has 0 radical (unpaired) electrons. The van der Waals surface area contributed by atoms with Crippen LogP contribution in [-0.2, 0) is 4.79 Å². The van der Waals surface area contributed by atoms with Gasteiger partial charge >= 0.3 is 6.03 Å². The Labute approximate surface area is 148 Å². The summed E-state index contributed by atoms with van der Waals surface area (Å²) in [5, 5.41) is 13.1. The number of nitrogens with one attached hydrogen (secondary N) is 2. The van der Waals surface area contributed by atoms with E-state index in [1.165, 1.54) is 11.8 Å². The van der Waals surface area contributed by atoms with Gasteiger partial charge in [-0.1, -0.05) is 48.2 Å². The Hall–Kier alpha value is -2.87. The first-order valence-electron chi connectivity index (χ1n) is 7.79. The fraction of sp³-hybridized carbons (Fsp3) is 0.176. The lowest BCUT2D eigenvalue weighted by Gasteiger charge is -2.15. The van der Waals surface area contributed by atoms with E-state index in [-0.39, 0.29) is 0 Å². The zero-order valence-corrected chi connectivity index (χ0v) is 14.4. The number of fused-ring (bicyclic) bond motifs is 1. The second-order valence-corrected chi connectivity index (χ2v) is 6.24. The van der Waals surface area contributed by atoms with Gasteiger partial charge in [-0.15, -0.1) is 10.2 Å². The van der Waals surface area contributed by atoms with Crippen molar-refractivity contribution in [3.05, 3.63) is 60.3 Å². The molecule has 25 heavy (non-hydrogen) atoms. The SMILES string of the molecule is CCNC(=O)NC(=O)[C@H](Sc1nnc2ccccn12)c1ccccc1. The fourth-order valence-electron chi connectivity index (χ4n) is 2.29. The van der Waals surface area contributed by atoms with Crippen LogP contribution in [0.3, 0.4) is 0 Å². The second kappa shape index (κ2) is 7.80. The van der Waals surface area contributed by atoms with Crippen molar-refractivity contribution in [1.82, 2.24) is 25.2 Å². The number of hydrogen-bond acceptors (Lipinski definition) is 5. The van der Waals surface area contributed by atoms with Crippen LogP contribution in [0.4, 0.5) is 4.79 Å².